The fourth-order valence-electron chi connectivity index (χ4n) is 1.63. The number of H-pyrrole nitrogens is 1. The van der Waals surface area contributed by atoms with Gasteiger partial charge in [0.15, 0.2) is 0 Å². The molecule has 1 atom stereocenters. The third-order valence-electron chi connectivity index (χ3n) is 2.38. The number of benzene rings is 1. The van der Waals surface area contributed by atoms with Gasteiger partial charge in [-0.25, -0.2) is 13.8 Å². The normalized spacial score (nSPS) is 12.7. The van der Waals surface area contributed by atoms with Crippen LogP contribution in [0.1, 0.15) is 17.3 Å². The molecular formula is C11H10F2N2O. The maximum Gasteiger partial charge on any atom is 0.130 e. The lowest BCUT2D eigenvalue weighted by Gasteiger charge is -2.13. The standard InChI is InChI=1S/C11H10F2N2O/c12-8-2-1-3-9(13)10(8)7(6-16)11-14-4-5-15-11/h1-5,7,16H,6H2,(H,14,15). The molecule has 0 aliphatic rings. The van der Waals surface area contributed by atoms with Crippen molar-refractivity contribution in [1.82, 2.24) is 9.97 Å². The Morgan fingerprint density at radius 2 is 2.00 bits per heavy atom. The van der Waals surface area contributed by atoms with Crippen LogP contribution in [0.3, 0.4) is 0 Å². The molecule has 0 aliphatic heterocycles. The number of hydrogen-bond donors (Lipinski definition) is 2. The van der Waals surface area contributed by atoms with Crippen molar-refractivity contribution in [1.29, 1.82) is 0 Å². The summed E-state index contributed by atoms with van der Waals surface area (Å²) in [5, 5.41) is 9.21. The smallest absolute Gasteiger partial charge is 0.130 e. The molecule has 3 nitrogen and oxygen atoms in total. The first kappa shape index (κ1) is 10.8. The number of nitrogens with one attached hydrogen (secondary N) is 1. The minimum absolute atomic E-state index is 0.167. The summed E-state index contributed by atoms with van der Waals surface area (Å²) in [5.41, 5.74) is -0.167. The van der Waals surface area contributed by atoms with Crippen molar-refractivity contribution in [2.45, 2.75) is 5.92 Å². The van der Waals surface area contributed by atoms with Crippen LogP contribution in [0.4, 0.5) is 8.78 Å². The Labute approximate surface area is 90.8 Å². The predicted octanol–water partition coefficient (Wildman–Crippen LogP) is 1.81. The minimum Gasteiger partial charge on any atom is -0.395 e. The van der Waals surface area contributed by atoms with Gasteiger partial charge in [0.25, 0.3) is 0 Å². The highest BCUT2D eigenvalue weighted by atomic mass is 19.1. The quantitative estimate of drug-likeness (QED) is 0.835. The van der Waals surface area contributed by atoms with Crippen molar-refractivity contribution < 1.29 is 13.9 Å². The minimum atomic E-state index is -0.809. The molecule has 0 saturated heterocycles. The molecule has 2 aromatic rings. The average Bonchev–Trinajstić information content (AvgIpc) is 2.77. The van der Waals surface area contributed by atoms with E-state index in [-0.39, 0.29) is 5.56 Å². The molecule has 0 amide bonds. The average molecular weight is 224 g/mol. The number of aromatic amines is 1. The summed E-state index contributed by atoms with van der Waals surface area (Å²) in [6, 6.07) is 3.60. The van der Waals surface area contributed by atoms with Crippen molar-refractivity contribution in [2.24, 2.45) is 0 Å². The lowest BCUT2D eigenvalue weighted by molar-refractivity contribution is 0.271. The van der Waals surface area contributed by atoms with Gasteiger partial charge in [0.2, 0.25) is 0 Å². The van der Waals surface area contributed by atoms with Gasteiger partial charge in [-0.3, -0.25) is 0 Å². The zero-order chi connectivity index (χ0) is 11.5. The first-order valence-corrected chi connectivity index (χ1v) is 4.78. The third-order valence-corrected chi connectivity index (χ3v) is 2.38. The molecule has 0 bridgehead atoms. The highest BCUT2D eigenvalue weighted by Crippen LogP contribution is 2.26. The number of aromatic nitrogens is 2. The van der Waals surface area contributed by atoms with Crippen LogP contribution in [0.5, 0.6) is 0 Å². The van der Waals surface area contributed by atoms with E-state index in [1.165, 1.54) is 18.5 Å². The summed E-state index contributed by atoms with van der Waals surface area (Å²) < 4.78 is 27.0. The molecule has 0 aliphatic carbocycles. The third kappa shape index (κ3) is 1.81. The zero-order valence-corrected chi connectivity index (χ0v) is 8.32. The van der Waals surface area contributed by atoms with Gasteiger partial charge in [-0.2, -0.15) is 0 Å². The van der Waals surface area contributed by atoms with Crippen LogP contribution >= 0.6 is 0 Å². The Balaban J connectivity index is 2.49. The summed E-state index contributed by atoms with van der Waals surface area (Å²) in [5.74, 6) is -1.84. The van der Waals surface area contributed by atoms with E-state index in [4.69, 9.17) is 0 Å². The fourth-order valence-corrected chi connectivity index (χ4v) is 1.63. The summed E-state index contributed by atoms with van der Waals surface area (Å²) in [7, 11) is 0. The topological polar surface area (TPSA) is 48.9 Å². The molecule has 0 saturated carbocycles. The molecule has 1 unspecified atom stereocenters. The first-order chi connectivity index (χ1) is 7.74. The molecule has 84 valence electrons. The van der Waals surface area contributed by atoms with Gasteiger partial charge in [-0.05, 0) is 12.1 Å². The number of rotatable bonds is 3. The SMILES string of the molecule is OCC(c1ncc[nH]1)c1c(F)cccc1F. The van der Waals surface area contributed by atoms with Crippen molar-refractivity contribution in [2.75, 3.05) is 6.61 Å². The first-order valence-electron chi connectivity index (χ1n) is 4.78. The molecule has 2 N–H and O–H groups in total. The van der Waals surface area contributed by atoms with Crippen LogP contribution in [0.15, 0.2) is 30.6 Å². The van der Waals surface area contributed by atoms with Gasteiger partial charge in [0, 0.05) is 18.0 Å². The van der Waals surface area contributed by atoms with E-state index in [9.17, 15) is 13.9 Å². The highest BCUT2D eigenvalue weighted by molar-refractivity contribution is 5.28. The lowest BCUT2D eigenvalue weighted by atomic mass is 9.98. The van der Waals surface area contributed by atoms with Crippen LogP contribution in [0.2, 0.25) is 0 Å². The molecule has 0 fully saturated rings. The Morgan fingerprint density at radius 1 is 1.31 bits per heavy atom. The van der Waals surface area contributed by atoms with E-state index >= 15 is 0 Å². The monoisotopic (exact) mass is 224 g/mol. The molecule has 2 rings (SSSR count). The molecule has 0 radical (unpaired) electrons. The largest absolute Gasteiger partial charge is 0.395 e. The molecule has 0 spiro atoms. The van der Waals surface area contributed by atoms with Gasteiger partial charge in [0.1, 0.15) is 17.5 Å². The highest BCUT2D eigenvalue weighted by Gasteiger charge is 2.22. The van der Waals surface area contributed by atoms with Crippen molar-refractivity contribution in [3.63, 3.8) is 0 Å². The molecular weight excluding hydrogens is 214 g/mol. The maximum absolute atomic E-state index is 13.5. The number of hydrogen-bond acceptors (Lipinski definition) is 2. The number of aliphatic hydroxyl groups excluding tert-OH is 1. The summed E-state index contributed by atoms with van der Waals surface area (Å²) in [6.45, 7) is -0.411. The number of nitrogens with zero attached hydrogens (tertiary/aromatic N) is 1. The predicted molar refractivity (Wildman–Crippen MR) is 53.9 cm³/mol. The summed E-state index contributed by atoms with van der Waals surface area (Å²) in [6.07, 6.45) is 3.01. The molecule has 1 aromatic carbocycles. The Bertz CT molecular complexity index is 451. The molecule has 1 heterocycles. The number of halogens is 2. The van der Waals surface area contributed by atoms with Crippen molar-refractivity contribution in [3.05, 3.63) is 53.6 Å². The van der Waals surface area contributed by atoms with Gasteiger partial charge in [-0.15, -0.1) is 0 Å². The van der Waals surface area contributed by atoms with Gasteiger partial charge >= 0.3 is 0 Å². The van der Waals surface area contributed by atoms with Gasteiger partial charge < -0.3 is 10.1 Å². The second-order valence-corrected chi connectivity index (χ2v) is 3.34. The van der Waals surface area contributed by atoms with E-state index in [2.05, 4.69) is 9.97 Å². The van der Waals surface area contributed by atoms with Crippen LogP contribution in [0.25, 0.3) is 0 Å². The van der Waals surface area contributed by atoms with Crippen LogP contribution in [-0.4, -0.2) is 21.7 Å². The Morgan fingerprint density at radius 3 is 2.50 bits per heavy atom. The molecule has 5 heteroatoms. The van der Waals surface area contributed by atoms with E-state index < -0.39 is 24.2 Å². The zero-order valence-electron chi connectivity index (χ0n) is 8.32. The van der Waals surface area contributed by atoms with E-state index in [1.807, 2.05) is 0 Å². The van der Waals surface area contributed by atoms with Gasteiger partial charge in [0.05, 0.1) is 12.5 Å². The Kier molecular flexibility index (Phi) is 2.96. The second-order valence-electron chi connectivity index (χ2n) is 3.34. The number of aliphatic hydroxyl groups is 1. The van der Waals surface area contributed by atoms with Crippen LogP contribution in [0, 0.1) is 11.6 Å². The fraction of sp³-hybridized carbons (Fsp3) is 0.182. The second kappa shape index (κ2) is 4.40. The molecule has 1 aromatic heterocycles. The summed E-state index contributed by atoms with van der Waals surface area (Å²) in [4.78, 5) is 6.63. The molecule has 16 heavy (non-hydrogen) atoms. The summed E-state index contributed by atoms with van der Waals surface area (Å²) >= 11 is 0. The van der Waals surface area contributed by atoms with E-state index in [0.29, 0.717) is 5.82 Å². The van der Waals surface area contributed by atoms with E-state index in [1.54, 1.807) is 0 Å². The van der Waals surface area contributed by atoms with Crippen molar-refractivity contribution in [3.8, 4) is 0 Å². The van der Waals surface area contributed by atoms with Crippen LogP contribution < -0.4 is 0 Å². The lowest BCUT2D eigenvalue weighted by Crippen LogP contribution is -2.12. The number of imidazole rings is 1. The van der Waals surface area contributed by atoms with Crippen molar-refractivity contribution >= 4 is 0 Å². The van der Waals surface area contributed by atoms with E-state index in [0.717, 1.165) is 12.1 Å². The van der Waals surface area contributed by atoms with Crippen LogP contribution in [-0.2, 0) is 0 Å². The maximum atomic E-state index is 13.5. The Hall–Kier alpha value is -1.75. The van der Waals surface area contributed by atoms with Gasteiger partial charge in [-0.1, -0.05) is 6.07 Å².